The molecule has 0 spiro atoms. The molecule has 1 unspecified atom stereocenters. The van der Waals surface area contributed by atoms with Gasteiger partial charge < -0.3 is 10.2 Å². The number of carbonyl (C=O) groups is 1. The summed E-state index contributed by atoms with van der Waals surface area (Å²) >= 11 is 0. The fraction of sp³-hybridized carbons (Fsp3) is 0.350. The Labute approximate surface area is 154 Å². The average Bonchev–Trinajstić information content (AvgIpc) is 2.62. The van der Waals surface area contributed by atoms with Crippen LogP contribution < -0.4 is 5.32 Å². The minimum Gasteiger partial charge on any atom is -0.354 e. The van der Waals surface area contributed by atoms with Gasteiger partial charge in [-0.1, -0.05) is 49.4 Å². The van der Waals surface area contributed by atoms with Gasteiger partial charge in [-0.2, -0.15) is 0 Å². The van der Waals surface area contributed by atoms with E-state index in [0.717, 1.165) is 12.0 Å². The Balaban J connectivity index is 2.02. The van der Waals surface area contributed by atoms with Gasteiger partial charge in [0.2, 0.25) is 5.91 Å². The lowest BCUT2D eigenvalue weighted by atomic mass is 10.0. The number of hydrogen-bond acceptors (Lipinski definition) is 4. The van der Waals surface area contributed by atoms with Crippen LogP contribution in [0.1, 0.15) is 29.7 Å². The number of para-hydroxylation sites is 1. The molecule has 2 rings (SSSR count). The van der Waals surface area contributed by atoms with Crippen LogP contribution in [0.3, 0.4) is 0 Å². The van der Waals surface area contributed by atoms with Gasteiger partial charge in [0.15, 0.2) is 0 Å². The summed E-state index contributed by atoms with van der Waals surface area (Å²) in [6, 6.07) is 14.7. The Morgan fingerprint density at radius 3 is 2.38 bits per heavy atom. The molecule has 0 fully saturated rings. The van der Waals surface area contributed by atoms with E-state index in [1.807, 2.05) is 19.0 Å². The van der Waals surface area contributed by atoms with Crippen molar-refractivity contribution < 1.29 is 9.72 Å². The van der Waals surface area contributed by atoms with Crippen molar-refractivity contribution in [3.05, 3.63) is 75.3 Å². The van der Waals surface area contributed by atoms with Gasteiger partial charge in [-0.15, -0.1) is 0 Å². The van der Waals surface area contributed by atoms with E-state index in [4.69, 9.17) is 0 Å². The summed E-state index contributed by atoms with van der Waals surface area (Å²) in [6.07, 6.45) is 0.978. The topological polar surface area (TPSA) is 75.5 Å². The maximum absolute atomic E-state index is 12.3. The van der Waals surface area contributed by atoms with E-state index in [2.05, 4.69) is 36.5 Å². The number of carbonyl (C=O) groups excluding carboxylic acids is 1. The third-order valence-corrected chi connectivity index (χ3v) is 4.43. The lowest BCUT2D eigenvalue weighted by Gasteiger charge is -2.25. The van der Waals surface area contributed by atoms with E-state index < -0.39 is 4.92 Å². The van der Waals surface area contributed by atoms with Crippen molar-refractivity contribution in [2.24, 2.45) is 0 Å². The highest BCUT2D eigenvalue weighted by molar-refractivity contribution is 5.79. The molecule has 2 aromatic rings. The molecule has 0 radical (unpaired) electrons. The van der Waals surface area contributed by atoms with Gasteiger partial charge in [0.25, 0.3) is 5.69 Å². The zero-order chi connectivity index (χ0) is 19.1. The Bertz CT molecular complexity index is 757. The third kappa shape index (κ3) is 5.13. The van der Waals surface area contributed by atoms with Gasteiger partial charge in [0, 0.05) is 18.2 Å². The van der Waals surface area contributed by atoms with Crippen LogP contribution in [-0.4, -0.2) is 36.4 Å². The molecular weight excluding hydrogens is 330 g/mol. The van der Waals surface area contributed by atoms with Crippen LogP contribution in [-0.2, 0) is 17.6 Å². The minimum atomic E-state index is -0.458. The summed E-state index contributed by atoms with van der Waals surface area (Å²) < 4.78 is 0. The van der Waals surface area contributed by atoms with E-state index in [-0.39, 0.29) is 24.1 Å². The molecule has 0 saturated carbocycles. The molecule has 0 heterocycles. The van der Waals surface area contributed by atoms with E-state index in [1.165, 1.54) is 11.6 Å². The number of likely N-dealkylation sites (N-methyl/N-ethyl adjacent to an activating group) is 1. The number of rotatable bonds is 8. The van der Waals surface area contributed by atoms with E-state index in [1.54, 1.807) is 18.2 Å². The van der Waals surface area contributed by atoms with Gasteiger partial charge in [0.05, 0.1) is 17.4 Å². The lowest BCUT2D eigenvalue weighted by molar-refractivity contribution is -0.385. The van der Waals surface area contributed by atoms with E-state index in [0.29, 0.717) is 12.1 Å². The number of amides is 1. The molecule has 0 aliphatic carbocycles. The number of nitrogens with one attached hydrogen (secondary N) is 1. The summed E-state index contributed by atoms with van der Waals surface area (Å²) in [5.41, 5.74) is 2.79. The van der Waals surface area contributed by atoms with Crippen LogP contribution in [0.15, 0.2) is 48.5 Å². The van der Waals surface area contributed by atoms with E-state index in [9.17, 15) is 14.9 Å². The second-order valence-corrected chi connectivity index (χ2v) is 6.44. The Kier molecular flexibility index (Phi) is 6.86. The monoisotopic (exact) mass is 355 g/mol. The molecule has 0 aromatic heterocycles. The first-order valence-electron chi connectivity index (χ1n) is 8.66. The van der Waals surface area contributed by atoms with Crippen molar-refractivity contribution in [3.63, 3.8) is 0 Å². The van der Waals surface area contributed by atoms with Gasteiger partial charge in [-0.3, -0.25) is 14.9 Å². The molecule has 6 heteroatoms. The molecular formula is C20H25N3O3. The quantitative estimate of drug-likeness (QED) is 0.583. The van der Waals surface area contributed by atoms with E-state index >= 15 is 0 Å². The lowest BCUT2D eigenvalue weighted by Crippen LogP contribution is -2.35. The van der Waals surface area contributed by atoms with Crippen LogP contribution in [0, 0.1) is 10.1 Å². The second-order valence-electron chi connectivity index (χ2n) is 6.44. The van der Waals surface area contributed by atoms with Crippen LogP contribution in [0.25, 0.3) is 0 Å². The minimum absolute atomic E-state index is 0.00786. The molecule has 138 valence electrons. The molecule has 0 aliphatic rings. The molecule has 1 amide bonds. The molecule has 6 nitrogen and oxygen atoms in total. The standard InChI is InChI=1S/C20H25N3O3/c1-4-15-9-11-16(12-10-15)19(22(2)3)14-21-20(24)13-17-7-5-6-8-18(17)23(25)26/h5-12,19H,4,13-14H2,1-3H3,(H,21,24). The average molecular weight is 355 g/mol. The smallest absolute Gasteiger partial charge is 0.273 e. The van der Waals surface area contributed by atoms with Crippen LogP contribution in [0.4, 0.5) is 5.69 Å². The summed E-state index contributed by atoms with van der Waals surface area (Å²) in [5.74, 6) is -0.226. The normalized spacial score (nSPS) is 12.0. The maximum Gasteiger partial charge on any atom is 0.273 e. The second kappa shape index (κ2) is 9.10. The fourth-order valence-electron chi connectivity index (χ4n) is 2.86. The zero-order valence-electron chi connectivity index (χ0n) is 15.4. The highest BCUT2D eigenvalue weighted by atomic mass is 16.6. The number of nitro benzene ring substituents is 1. The molecule has 0 aliphatic heterocycles. The SMILES string of the molecule is CCc1ccc(C(CNC(=O)Cc2ccccc2[N+](=O)[O-])N(C)C)cc1. The highest BCUT2D eigenvalue weighted by Gasteiger charge is 2.18. The summed E-state index contributed by atoms with van der Waals surface area (Å²) in [6.45, 7) is 2.55. The molecule has 1 atom stereocenters. The molecule has 1 N–H and O–H groups in total. The first-order chi connectivity index (χ1) is 12.4. The predicted molar refractivity (Wildman–Crippen MR) is 102 cm³/mol. The third-order valence-electron chi connectivity index (χ3n) is 4.43. The van der Waals surface area contributed by atoms with Gasteiger partial charge in [-0.25, -0.2) is 0 Å². The van der Waals surface area contributed by atoms with Crippen LogP contribution in [0.5, 0.6) is 0 Å². The fourth-order valence-corrected chi connectivity index (χ4v) is 2.86. The van der Waals surface area contributed by atoms with Crippen LogP contribution >= 0.6 is 0 Å². The summed E-state index contributed by atoms with van der Waals surface area (Å²) in [4.78, 5) is 24.9. The number of aryl methyl sites for hydroxylation is 1. The number of benzene rings is 2. The van der Waals surface area contributed by atoms with Gasteiger partial charge in [0.1, 0.15) is 0 Å². The Hall–Kier alpha value is -2.73. The Morgan fingerprint density at radius 2 is 1.81 bits per heavy atom. The zero-order valence-corrected chi connectivity index (χ0v) is 15.4. The molecule has 0 saturated heterocycles. The first-order valence-corrected chi connectivity index (χ1v) is 8.66. The van der Waals surface area contributed by atoms with Crippen LogP contribution in [0.2, 0.25) is 0 Å². The van der Waals surface area contributed by atoms with Gasteiger partial charge >= 0.3 is 0 Å². The maximum atomic E-state index is 12.3. The number of nitro groups is 1. The van der Waals surface area contributed by atoms with Crippen molar-refractivity contribution in [2.75, 3.05) is 20.6 Å². The Morgan fingerprint density at radius 1 is 1.15 bits per heavy atom. The highest BCUT2D eigenvalue weighted by Crippen LogP contribution is 2.20. The largest absolute Gasteiger partial charge is 0.354 e. The number of nitrogens with zero attached hydrogens (tertiary/aromatic N) is 2. The summed E-state index contributed by atoms with van der Waals surface area (Å²) in [7, 11) is 3.93. The van der Waals surface area contributed by atoms with Gasteiger partial charge in [-0.05, 0) is 31.6 Å². The molecule has 0 bridgehead atoms. The molecule has 26 heavy (non-hydrogen) atoms. The van der Waals surface area contributed by atoms with Crippen molar-refractivity contribution >= 4 is 11.6 Å². The number of hydrogen-bond donors (Lipinski definition) is 1. The molecule has 2 aromatic carbocycles. The van der Waals surface area contributed by atoms with Crippen molar-refractivity contribution in [1.29, 1.82) is 0 Å². The first kappa shape index (κ1) is 19.6. The summed E-state index contributed by atoms with van der Waals surface area (Å²) in [5, 5.41) is 14.0. The predicted octanol–water partition coefficient (Wildman–Crippen LogP) is 3.12. The van der Waals surface area contributed by atoms with Crippen molar-refractivity contribution in [1.82, 2.24) is 10.2 Å². The van der Waals surface area contributed by atoms with Crippen molar-refractivity contribution in [2.45, 2.75) is 25.8 Å². The van der Waals surface area contributed by atoms with Crippen molar-refractivity contribution in [3.8, 4) is 0 Å².